The Hall–Kier alpha value is -0.400. The summed E-state index contributed by atoms with van der Waals surface area (Å²) in [6.45, 7) is 6.64. The van der Waals surface area contributed by atoms with E-state index in [4.69, 9.17) is 23.2 Å². The number of hydrogen-bond donors (Lipinski definition) is 1. The molecule has 1 aromatic rings. The zero-order chi connectivity index (χ0) is 13.3. The summed E-state index contributed by atoms with van der Waals surface area (Å²) in [5, 5.41) is 5.12. The maximum absolute atomic E-state index is 6.28. The van der Waals surface area contributed by atoms with E-state index in [-0.39, 0.29) is 0 Å². The first-order chi connectivity index (χ1) is 8.49. The van der Waals surface area contributed by atoms with E-state index in [1.54, 1.807) is 0 Å². The van der Waals surface area contributed by atoms with Crippen LogP contribution in [0, 0.1) is 18.8 Å². The fraction of sp³-hybridized carbons (Fsp3) is 0.600. The summed E-state index contributed by atoms with van der Waals surface area (Å²) in [4.78, 5) is 0. The second-order valence-electron chi connectivity index (χ2n) is 5.60. The fourth-order valence-electron chi connectivity index (χ4n) is 2.74. The van der Waals surface area contributed by atoms with Gasteiger partial charge in [0.05, 0.1) is 10.7 Å². The minimum Gasteiger partial charge on any atom is -0.381 e. The molecule has 1 aliphatic rings. The summed E-state index contributed by atoms with van der Waals surface area (Å²) < 4.78 is 0. The van der Waals surface area contributed by atoms with Gasteiger partial charge in [0.1, 0.15) is 0 Å². The molecule has 1 aliphatic carbocycles. The molecule has 3 heteroatoms. The van der Waals surface area contributed by atoms with E-state index in [2.05, 4.69) is 19.2 Å². The van der Waals surface area contributed by atoms with Crippen LogP contribution in [0.3, 0.4) is 0 Å². The zero-order valence-corrected chi connectivity index (χ0v) is 12.8. The van der Waals surface area contributed by atoms with Crippen LogP contribution in [-0.4, -0.2) is 6.04 Å². The molecule has 1 aromatic carbocycles. The van der Waals surface area contributed by atoms with Gasteiger partial charge in [-0.25, -0.2) is 0 Å². The number of halogens is 2. The van der Waals surface area contributed by atoms with Gasteiger partial charge >= 0.3 is 0 Å². The minimum atomic E-state index is 0.505. The second-order valence-corrected chi connectivity index (χ2v) is 6.41. The Morgan fingerprint density at radius 2 is 1.83 bits per heavy atom. The molecule has 3 atom stereocenters. The van der Waals surface area contributed by atoms with Crippen molar-refractivity contribution >= 4 is 28.9 Å². The van der Waals surface area contributed by atoms with Gasteiger partial charge in [0.25, 0.3) is 0 Å². The number of benzene rings is 1. The predicted octanol–water partition coefficient (Wildman–Crippen LogP) is 5.54. The third-order valence-corrected chi connectivity index (χ3v) is 5.02. The molecule has 2 rings (SSSR count). The van der Waals surface area contributed by atoms with Crippen molar-refractivity contribution in [3.63, 3.8) is 0 Å². The highest BCUT2D eigenvalue weighted by Crippen LogP contribution is 2.35. The normalized spacial score (nSPS) is 28.2. The third kappa shape index (κ3) is 2.95. The summed E-state index contributed by atoms with van der Waals surface area (Å²) in [5.41, 5.74) is 2.00. The summed E-state index contributed by atoms with van der Waals surface area (Å²) in [7, 11) is 0. The highest BCUT2D eigenvalue weighted by atomic mass is 35.5. The zero-order valence-electron chi connectivity index (χ0n) is 11.3. The van der Waals surface area contributed by atoms with E-state index in [9.17, 15) is 0 Å². The van der Waals surface area contributed by atoms with E-state index in [0.717, 1.165) is 27.2 Å². The number of rotatable bonds is 2. The maximum Gasteiger partial charge on any atom is 0.0641 e. The first kappa shape index (κ1) is 14.0. The van der Waals surface area contributed by atoms with Crippen molar-refractivity contribution in [2.75, 3.05) is 5.32 Å². The summed E-state index contributed by atoms with van der Waals surface area (Å²) in [6.07, 6.45) is 3.84. The first-order valence-corrected chi connectivity index (χ1v) is 7.47. The molecule has 3 unspecified atom stereocenters. The fourth-order valence-corrected chi connectivity index (χ4v) is 3.18. The van der Waals surface area contributed by atoms with Gasteiger partial charge in [-0.15, -0.1) is 0 Å². The molecule has 100 valence electrons. The van der Waals surface area contributed by atoms with E-state index < -0.39 is 0 Å². The Morgan fingerprint density at radius 3 is 2.56 bits per heavy atom. The lowest BCUT2D eigenvalue weighted by atomic mass is 9.78. The molecule has 0 aromatic heterocycles. The Balaban J connectivity index is 2.16. The molecular weight excluding hydrogens is 265 g/mol. The van der Waals surface area contributed by atoms with Crippen LogP contribution in [-0.2, 0) is 0 Å². The second kappa shape index (κ2) is 5.71. The van der Waals surface area contributed by atoms with E-state index >= 15 is 0 Å². The Kier molecular flexibility index (Phi) is 4.45. The van der Waals surface area contributed by atoms with Crippen molar-refractivity contribution < 1.29 is 0 Å². The van der Waals surface area contributed by atoms with Gasteiger partial charge in [-0.05, 0) is 42.9 Å². The third-order valence-electron chi connectivity index (χ3n) is 4.30. The number of aryl methyl sites for hydroxylation is 1. The van der Waals surface area contributed by atoms with Crippen molar-refractivity contribution in [3.05, 3.63) is 27.7 Å². The average molecular weight is 286 g/mol. The molecule has 1 nitrogen and oxygen atoms in total. The molecule has 1 N–H and O–H groups in total. The van der Waals surface area contributed by atoms with Crippen LogP contribution < -0.4 is 5.32 Å². The van der Waals surface area contributed by atoms with E-state index in [1.807, 2.05) is 19.1 Å². The highest BCUT2D eigenvalue weighted by Gasteiger charge is 2.27. The molecule has 1 fully saturated rings. The maximum atomic E-state index is 6.28. The van der Waals surface area contributed by atoms with Gasteiger partial charge in [0, 0.05) is 11.1 Å². The molecule has 0 aliphatic heterocycles. The smallest absolute Gasteiger partial charge is 0.0641 e. The number of hydrogen-bond acceptors (Lipinski definition) is 1. The summed E-state index contributed by atoms with van der Waals surface area (Å²) >= 11 is 12.5. The van der Waals surface area contributed by atoms with E-state index in [1.165, 1.54) is 19.3 Å². The number of anilines is 1. The quantitative estimate of drug-likeness (QED) is 0.752. The lowest BCUT2D eigenvalue weighted by Crippen LogP contribution is -2.35. The Bertz CT molecular complexity index is 431. The van der Waals surface area contributed by atoms with Crippen LogP contribution in [0.5, 0.6) is 0 Å². The van der Waals surface area contributed by atoms with Crippen LogP contribution >= 0.6 is 23.2 Å². The van der Waals surface area contributed by atoms with Gasteiger partial charge in [0.2, 0.25) is 0 Å². The van der Waals surface area contributed by atoms with Crippen LogP contribution in [0.1, 0.15) is 38.7 Å². The summed E-state index contributed by atoms with van der Waals surface area (Å²) in [6, 6.07) is 4.39. The molecule has 0 amide bonds. The van der Waals surface area contributed by atoms with Crippen LogP contribution in [0.4, 0.5) is 5.69 Å². The standard InChI is InChI=1S/C15H21Cl2N/c1-9-5-4-6-14(11(9)3)18-15-8-12(16)10(2)7-13(15)17/h7-9,11,14,18H,4-6H2,1-3H3. The lowest BCUT2D eigenvalue weighted by molar-refractivity contribution is 0.253. The molecule has 0 heterocycles. The van der Waals surface area contributed by atoms with Crippen LogP contribution in [0.2, 0.25) is 10.0 Å². The van der Waals surface area contributed by atoms with Crippen molar-refractivity contribution in [2.24, 2.45) is 11.8 Å². The molecule has 1 saturated carbocycles. The van der Waals surface area contributed by atoms with Crippen molar-refractivity contribution in [3.8, 4) is 0 Å². The average Bonchev–Trinajstić information content (AvgIpc) is 2.32. The van der Waals surface area contributed by atoms with Crippen molar-refractivity contribution in [1.29, 1.82) is 0 Å². The molecule has 0 bridgehead atoms. The minimum absolute atomic E-state index is 0.505. The van der Waals surface area contributed by atoms with Gasteiger partial charge in [-0.1, -0.05) is 49.9 Å². The van der Waals surface area contributed by atoms with Gasteiger partial charge in [0.15, 0.2) is 0 Å². The van der Waals surface area contributed by atoms with Crippen molar-refractivity contribution in [1.82, 2.24) is 0 Å². The van der Waals surface area contributed by atoms with E-state index in [0.29, 0.717) is 12.0 Å². The van der Waals surface area contributed by atoms with Crippen molar-refractivity contribution in [2.45, 2.75) is 46.1 Å². The lowest BCUT2D eigenvalue weighted by Gasteiger charge is -2.35. The Labute approximate surface area is 120 Å². The predicted molar refractivity (Wildman–Crippen MR) is 80.8 cm³/mol. The van der Waals surface area contributed by atoms with Gasteiger partial charge < -0.3 is 5.32 Å². The van der Waals surface area contributed by atoms with Crippen LogP contribution in [0.15, 0.2) is 12.1 Å². The SMILES string of the molecule is Cc1cc(Cl)c(NC2CCCC(C)C2C)cc1Cl. The topological polar surface area (TPSA) is 12.0 Å². The number of nitrogens with one attached hydrogen (secondary N) is 1. The molecule has 0 spiro atoms. The highest BCUT2D eigenvalue weighted by molar-refractivity contribution is 6.35. The van der Waals surface area contributed by atoms with Gasteiger partial charge in [-0.3, -0.25) is 0 Å². The molecule has 0 radical (unpaired) electrons. The van der Waals surface area contributed by atoms with Crippen LogP contribution in [0.25, 0.3) is 0 Å². The molecule has 0 saturated heterocycles. The summed E-state index contributed by atoms with van der Waals surface area (Å²) in [5.74, 6) is 1.45. The molecule has 18 heavy (non-hydrogen) atoms. The first-order valence-electron chi connectivity index (χ1n) is 6.71. The molecular formula is C15H21Cl2N. The monoisotopic (exact) mass is 285 g/mol. The van der Waals surface area contributed by atoms with Gasteiger partial charge in [-0.2, -0.15) is 0 Å². The Morgan fingerprint density at radius 1 is 1.11 bits per heavy atom. The largest absolute Gasteiger partial charge is 0.381 e.